The predicted molar refractivity (Wildman–Crippen MR) is 180 cm³/mol. The van der Waals surface area contributed by atoms with Gasteiger partial charge in [0.25, 0.3) is 0 Å². The summed E-state index contributed by atoms with van der Waals surface area (Å²) in [5.41, 5.74) is 9.74. The van der Waals surface area contributed by atoms with E-state index in [4.69, 9.17) is 30.1 Å². The second-order valence-corrected chi connectivity index (χ2v) is 11.6. The Morgan fingerprint density at radius 3 is 1.89 bits per heavy atom. The number of rotatable bonds is 19. The minimum Gasteiger partial charge on any atom is -0.508 e. The van der Waals surface area contributed by atoms with Crippen LogP contribution in [0, 0.1) is 11.3 Å². The number of aromatic hydroxyl groups is 1. The molecule has 0 saturated carbocycles. The van der Waals surface area contributed by atoms with Crippen LogP contribution in [0.3, 0.4) is 0 Å². The minimum atomic E-state index is 0.0651. The first-order valence-corrected chi connectivity index (χ1v) is 15.8. The van der Waals surface area contributed by atoms with E-state index in [0.717, 1.165) is 66.9 Å². The number of ether oxygens (including phenoxy) is 4. The molecule has 0 atom stereocenters. The molecule has 45 heavy (non-hydrogen) atoms. The molecule has 0 radical (unpaired) electrons. The second-order valence-electron chi connectivity index (χ2n) is 11.6. The monoisotopic (exact) mass is 610 g/mol. The lowest BCUT2D eigenvalue weighted by Gasteiger charge is -2.15. The number of nitrogens with one attached hydrogen (secondary N) is 1. The smallest absolute Gasteiger partial charge is 0.126 e. The molecular formula is C38H46N2O5. The lowest BCUT2D eigenvalue weighted by Crippen LogP contribution is -2.11. The van der Waals surface area contributed by atoms with Gasteiger partial charge in [-0.3, -0.25) is 5.41 Å². The number of nitrogens with two attached hydrogens (primary N) is 1. The zero-order valence-electron chi connectivity index (χ0n) is 26.5. The summed E-state index contributed by atoms with van der Waals surface area (Å²) in [5.74, 6) is 3.98. The average molecular weight is 611 g/mol. The molecule has 0 bridgehead atoms. The standard InChI is InChI=1S/C38H46N2O5/c1-28(2)19-23-43-35-25-34(26-36(27-35)44-24-20-30-11-15-32(16-12-30)38(39)40)42-21-6-9-31-8-3-4-10-37(31)45-22-5-7-29-13-17-33(41)18-14-29/h3-4,8,10-18,25-28,41H,5-7,9,19-24H2,1-2H3,(H3,39,40). The summed E-state index contributed by atoms with van der Waals surface area (Å²) in [6.07, 6.45) is 5.16. The molecule has 0 amide bonds. The first kappa shape index (κ1) is 33.2. The molecule has 7 heteroatoms. The van der Waals surface area contributed by atoms with Crippen molar-refractivity contribution < 1.29 is 24.1 Å². The van der Waals surface area contributed by atoms with E-state index in [2.05, 4.69) is 19.9 Å². The number of aryl methyl sites for hydroxylation is 2. The van der Waals surface area contributed by atoms with Gasteiger partial charge in [-0.15, -0.1) is 0 Å². The molecule has 0 aliphatic heterocycles. The molecule has 0 unspecified atom stereocenters. The quantitative estimate of drug-likeness (QED) is 0.0569. The summed E-state index contributed by atoms with van der Waals surface area (Å²) in [7, 11) is 0. The van der Waals surface area contributed by atoms with Crippen molar-refractivity contribution in [2.75, 3.05) is 26.4 Å². The highest BCUT2D eigenvalue weighted by molar-refractivity contribution is 5.94. The van der Waals surface area contributed by atoms with Gasteiger partial charge in [0, 0.05) is 30.2 Å². The van der Waals surface area contributed by atoms with Crippen LogP contribution in [0.25, 0.3) is 0 Å². The number of nitrogen functional groups attached to an aromatic ring is 1. The van der Waals surface area contributed by atoms with Gasteiger partial charge in [-0.1, -0.05) is 68.4 Å². The van der Waals surface area contributed by atoms with Crippen LogP contribution < -0.4 is 24.7 Å². The fourth-order valence-corrected chi connectivity index (χ4v) is 4.77. The van der Waals surface area contributed by atoms with Crippen LogP contribution in [0.1, 0.15) is 55.4 Å². The average Bonchev–Trinajstić information content (AvgIpc) is 3.03. The summed E-state index contributed by atoms with van der Waals surface area (Å²) in [5, 5.41) is 17.0. The maximum absolute atomic E-state index is 9.47. The third kappa shape index (κ3) is 11.8. The van der Waals surface area contributed by atoms with Crippen molar-refractivity contribution >= 4 is 5.84 Å². The third-order valence-corrected chi connectivity index (χ3v) is 7.38. The lowest BCUT2D eigenvalue weighted by atomic mass is 10.1. The first-order chi connectivity index (χ1) is 21.9. The highest BCUT2D eigenvalue weighted by Gasteiger charge is 2.08. The van der Waals surface area contributed by atoms with Crippen LogP contribution in [-0.2, 0) is 19.3 Å². The van der Waals surface area contributed by atoms with Gasteiger partial charge in [0.05, 0.1) is 26.4 Å². The highest BCUT2D eigenvalue weighted by atomic mass is 16.5. The molecule has 0 aliphatic rings. The van der Waals surface area contributed by atoms with Crippen molar-refractivity contribution in [1.82, 2.24) is 0 Å². The van der Waals surface area contributed by atoms with Gasteiger partial charge >= 0.3 is 0 Å². The molecule has 0 spiro atoms. The van der Waals surface area contributed by atoms with Crippen LogP contribution in [0.2, 0.25) is 0 Å². The van der Waals surface area contributed by atoms with Crippen molar-refractivity contribution in [1.29, 1.82) is 5.41 Å². The molecule has 0 fully saturated rings. The minimum absolute atomic E-state index is 0.0651. The van der Waals surface area contributed by atoms with E-state index < -0.39 is 0 Å². The van der Waals surface area contributed by atoms with Crippen molar-refractivity contribution in [2.45, 2.75) is 52.4 Å². The van der Waals surface area contributed by atoms with E-state index in [0.29, 0.717) is 43.7 Å². The highest BCUT2D eigenvalue weighted by Crippen LogP contribution is 2.29. The Bertz CT molecular complexity index is 1470. The van der Waals surface area contributed by atoms with E-state index >= 15 is 0 Å². The van der Waals surface area contributed by atoms with Crippen LogP contribution in [0.15, 0.2) is 91.0 Å². The predicted octanol–water partition coefficient (Wildman–Crippen LogP) is 7.75. The Morgan fingerprint density at radius 2 is 1.22 bits per heavy atom. The molecular weight excluding hydrogens is 564 g/mol. The van der Waals surface area contributed by atoms with Crippen LogP contribution >= 0.6 is 0 Å². The number of phenols is 1. The Hall–Kier alpha value is -4.65. The Kier molecular flexibility index (Phi) is 13.0. The van der Waals surface area contributed by atoms with Crippen LogP contribution in [0.4, 0.5) is 0 Å². The maximum atomic E-state index is 9.47. The summed E-state index contributed by atoms with van der Waals surface area (Å²) < 4.78 is 24.5. The molecule has 0 saturated heterocycles. The first-order valence-electron chi connectivity index (χ1n) is 15.8. The number of hydrogen-bond acceptors (Lipinski definition) is 6. The van der Waals surface area contributed by atoms with Crippen molar-refractivity contribution in [2.24, 2.45) is 11.7 Å². The van der Waals surface area contributed by atoms with E-state index in [1.165, 1.54) is 5.56 Å². The van der Waals surface area contributed by atoms with Crippen LogP contribution in [0.5, 0.6) is 28.7 Å². The van der Waals surface area contributed by atoms with Crippen LogP contribution in [-0.4, -0.2) is 37.4 Å². The van der Waals surface area contributed by atoms with Crippen molar-refractivity contribution in [3.8, 4) is 28.7 Å². The summed E-state index contributed by atoms with van der Waals surface area (Å²) in [6.45, 7) is 6.68. The van der Waals surface area contributed by atoms with Gasteiger partial charge in [0.15, 0.2) is 0 Å². The zero-order chi connectivity index (χ0) is 31.9. The molecule has 4 rings (SSSR count). The number of amidine groups is 1. The Balaban J connectivity index is 1.27. The van der Waals surface area contributed by atoms with Crippen molar-refractivity contribution in [3.63, 3.8) is 0 Å². The summed E-state index contributed by atoms with van der Waals surface area (Å²) >= 11 is 0. The molecule has 238 valence electrons. The topological polar surface area (TPSA) is 107 Å². The summed E-state index contributed by atoms with van der Waals surface area (Å²) in [6, 6.07) is 28.9. The van der Waals surface area contributed by atoms with E-state index in [1.54, 1.807) is 12.1 Å². The largest absolute Gasteiger partial charge is 0.508 e. The number of phenolic OH excluding ortho intramolecular Hbond substituents is 1. The molecule has 0 aromatic heterocycles. The van der Waals surface area contributed by atoms with E-state index in [-0.39, 0.29) is 11.6 Å². The van der Waals surface area contributed by atoms with Gasteiger partial charge in [-0.25, -0.2) is 0 Å². The van der Waals surface area contributed by atoms with Crippen molar-refractivity contribution in [3.05, 3.63) is 113 Å². The Morgan fingerprint density at radius 1 is 0.667 bits per heavy atom. The summed E-state index contributed by atoms with van der Waals surface area (Å²) in [4.78, 5) is 0. The third-order valence-electron chi connectivity index (χ3n) is 7.38. The lowest BCUT2D eigenvalue weighted by molar-refractivity contribution is 0.274. The number of hydrogen-bond donors (Lipinski definition) is 3. The molecule has 4 aromatic carbocycles. The van der Waals surface area contributed by atoms with Gasteiger partial charge in [-0.2, -0.15) is 0 Å². The molecule has 7 nitrogen and oxygen atoms in total. The van der Waals surface area contributed by atoms with Gasteiger partial charge < -0.3 is 29.8 Å². The number of para-hydroxylation sites is 1. The maximum Gasteiger partial charge on any atom is 0.126 e. The molecule has 4 N–H and O–H groups in total. The normalized spacial score (nSPS) is 10.9. The van der Waals surface area contributed by atoms with E-state index in [1.807, 2.05) is 72.8 Å². The second kappa shape index (κ2) is 17.6. The van der Waals surface area contributed by atoms with Gasteiger partial charge in [-0.05, 0) is 72.9 Å². The SMILES string of the molecule is CC(C)CCOc1cc(OCCCc2ccccc2OCCCc2ccc(O)cc2)cc(OCCc2ccc(C(=N)N)cc2)c1. The molecule has 0 heterocycles. The van der Waals surface area contributed by atoms with Gasteiger partial charge in [0.2, 0.25) is 0 Å². The molecule has 0 aliphatic carbocycles. The van der Waals surface area contributed by atoms with Gasteiger partial charge in [0.1, 0.15) is 34.6 Å². The zero-order valence-corrected chi connectivity index (χ0v) is 26.5. The fourth-order valence-electron chi connectivity index (χ4n) is 4.77. The fraction of sp³-hybridized carbons (Fsp3) is 0.342. The Labute approximate surface area is 267 Å². The molecule has 4 aromatic rings. The number of benzene rings is 4. The van der Waals surface area contributed by atoms with E-state index in [9.17, 15) is 5.11 Å².